The molecule has 0 radical (unpaired) electrons. The third-order valence-corrected chi connectivity index (χ3v) is 1.88. The van der Waals surface area contributed by atoms with Crippen molar-refractivity contribution in [1.82, 2.24) is 4.90 Å². The number of hydrogen-bond acceptors (Lipinski definition) is 3. The van der Waals surface area contributed by atoms with Gasteiger partial charge in [0.15, 0.2) is 0 Å². The molecular formula is C11H23NO2. The zero-order valence-corrected chi connectivity index (χ0v) is 10.1. The first-order valence-corrected chi connectivity index (χ1v) is 5.11. The number of carbonyl (C=O) groups excluding carboxylic acids is 1. The van der Waals surface area contributed by atoms with Crippen molar-refractivity contribution >= 4 is 5.97 Å². The van der Waals surface area contributed by atoms with Crippen LogP contribution in [0, 0.1) is 5.41 Å². The van der Waals surface area contributed by atoms with Crippen molar-refractivity contribution in [2.45, 2.75) is 33.6 Å². The topological polar surface area (TPSA) is 29.5 Å². The molecule has 0 saturated carbocycles. The van der Waals surface area contributed by atoms with Gasteiger partial charge in [-0.05, 0) is 25.9 Å². The highest BCUT2D eigenvalue weighted by atomic mass is 16.5. The fourth-order valence-electron chi connectivity index (χ4n) is 0.891. The molecule has 0 aliphatic heterocycles. The van der Waals surface area contributed by atoms with Crippen molar-refractivity contribution in [3.05, 3.63) is 0 Å². The van der Waals surface area contributed by atoms with Gasteiger partial charge in [-0.1, -0.05) is 20.8 Å². The number of nitrogens with zero attached hydrogens (tertiary/aromatic N) is 1. The van der Waals surface area contributed by atoms with Gasteiger partial charge in [-0.25, -0.2) is 0 Å². The summed E-state index contributed by atoms with van der Waals surface area (Å²) in [5, 5.41) is 0. The molecule has 0 heterocycles. The van der Waals surface area contributed by atoms with Gasteiger partial charge in [-0.15, -0.1) is 0 Å². The summed E-state index contributed by atoms with van der Waals surface area (Å²) in [5.41, 5.74) is 0.209. The molecule has 0 fully saturated rings. The normalized spacial score (nSPS) is 11.9. The zero-order valence-electron chi connectivity index (χ0n) is 10.1. The van der Waals surface area contributed by atoms with E-state index in [2.05, 4.69) is 20.8 Å². The van der Waals surface area contributed by atoms with Gasteiger partial charge in [0.05, 0.1) is 0 Å². The fraction of sp³-hybridized carbons (Fsp3) is 0.909. The lowest BCUT2D eigenvalue weighted by Crippen LogP contribution is -2.20. The van der Waals surface area contributed by atoms with E-state index in [-0.39, 0.29) is 11.4 Å². The monoisotopic (exact) mass is 201 g/mol. The molecule has 0 atom stereocenters. The minimum atomic E-state index is -0.0817. The predicted octanol–water partition coefficient (Wildman–Crippen LogP) is 1.92. The molecule has 0 rings (SSSR count). The summed E-state index contributed by atoms with van der Waals surface area (Å²) in [7, 11) is 3.92. The maximum absolute atomic E-state index is 11.2. The van der Waals surface area contributed by atoms with Gasteiger partial charge in [-0.3, -0.25) is 4.79 Å². The Morgan fingerprint density at radius 2 is 1.86 bits per heavy atom. The van der Waals surface area contributed by atoms with Crippen LogP contribution in [0.2, 0.25) is 0 Å². The second-order valence-electron chi connectivity index (χ2n) is 5.08. The maximum atomic E-state index is 11.2. The summed E-state index contributed by atoms with van der Waals surface area (Å²) in [4.78, 5) is 13.2. The Morgan fingerprint density at radius 1 is 1.29 bits per heavy atom. The summed E-state index contributed by atoms with van der Waals surface area (Å²) >= 11 is 0. The average molecular weight is 201 g/mol. The van der Waals surface area contributed by atoms with Gasteiger partial charge in [0.25, 0.3) is 0 Å². The number of rotatable bonds is 5. The number of esters is 1. The number of likely N-dealkylation sites (N-methyl/N-ethyl adjacent to an activating group) is 1. The van der Waals surface area contributed by atoms with Crippen molar-refractivity contribution in [1.29, 1.82) is 0 Å². The molecule has 0 aliphatic rings. The molecule has 0 aromatic heterocycles. The van der Waals surface area contributed by atoms with Gasteiger partial charge in [-0.2, -0.15) is 0 Å². The van der Waals surface area contributed by atoms with Gasteiger partial charge in [0, 0.05) is 13.0 Å². The van der Waals surface area contributed by atoms with E-state index >= 15 is 0 Å². The first-order chi connectivity index (χ1) is 6.31. The highest BCUT2D eigenvalue weighted by molar-refractivity contribution is 5.69. The molecule has 0 N–H and O–H groups in total. The average Bonchev–Trinajstić information content (AvgIpc) is 1.99. The Kier molecular flexibility index (Phi) is 5.77. The third-order valence-electron chi connectivity index (χ3n) is 1.88. The minimum absolute atomic E-state index is 0.0817. The first kappa shape index (κ1) is 13.4. The molecule has 0 aromatic rings. The van der Waals surface area contributed by atoms with E-state index in [1.165, 1.54) is 0 Å². The SMILES string of the molecule is CN(C)CCOC(=O)CCC(C)(C)C. The largest absolute Gasteiger partial charge is 0.464 e. The van der Waals surface area contributed by atoms with Crippen LogP contribution in [0.3, 0.4) is 0 Å². The maximum Gasteiger partial charge on any atom is 0.305 e. The van der Waals surface area contributed by atoms with E-state index in [9.17, 15) is 4.79 Å². The molecule has 3 heteroatoms. The van der Waals surface area contributed by atoms with Crippen LogP contribution in [-0.2, 0) is 9.53 Å². The Bertz CT molecular complexity index is 171. The van der Waals surface area contributed by atoms with Crippen LogP contribution in [0.4, 0.5) is 0 Å². The molecule has 3 nitrogen and oxygen atoms in total. The number of hydrogen-bond donors (Lipinski definition) is 0. The predicted molar refractivity (Wildman–Crippen MR) is 58.2 cm³/mol. The second kappa shape index (κ2) is 6.02. The van der Waals surface area contributed by atoms with Crippen molar-refractivity contribution in [3.8, 4) is 0 Å². The van der Waals surface area contributed by atoms with Crippen LogP contribution in [0.15, 0.2) is 0 Å². The van der Waals surface area contributed by atoms with Gasteiger partial charge < -0.3 is 9.64 Å². The second-order valence-corrected chi connectivity index (χ2v) is 5.08. The number of carbonyl (C=O) groups is 1. The van der Waals surface area contributed by atoms with E-state index < -0.39 is 0 Å². The highest BCUT2D eigenvalue weighted by Crippen LogP contribution is 2.20. The summed E-state index contributed by atoms with van der Waals surface area (Å²) in [6, 6.07) is 0. The first-order valence-electron chi connectivity index (χ1n) is 5.11. The smallest absolute Gasteiger partial charge is 0.305 e. The molecular weight excluding hydrogens is 178 g/mol. The van der Waals surface area contributed by atoms with E-state index in [1.54, 1.807) is 0 Å². The lowest BCUT2D eigenvalue weighted by Gasteiger charge is -2.17. The standard InChI is InChI=1S/C11H23NO2/c1-11(2,3)7-6-10(13)14-9-8-12(4)5/h6-9H2,1-5H3. The molecule has 0 bridgehead atoms. The Morgan fingerprint density at radius 3 is 2.29 bits per heavy atom. The Hall–Kier alpha value is -0.570. The molecule has 0 spiro atoms. The molecule has 0 saturated heterocycles. The lowest BCUT2D eigenvalue weighted by atomic mass is 9.91. The van der Waals surface area contributed by atoms with Crippen molar-refractivity contribution < 1.29 is 9.53 Å². The van der Waals surface area contributed by atoms with Gasteiger partial charge in [0.1, 0.15) is 6.61 Å². The molecule has 0 unspecified atom stereocenters. The Balaban J connectivity index is 3.47. The van der Waals surface area contributed by atoms with Crippen LogP contribution in [0.5, 0.6) is 0 Å². The van der Waals surface area contributed by atoms with Gasteiger partial charge in [0.2, 0.25) is 0 Å². The van der Waals surface area contributed by atoms with E-state index in [0.717, 1.165) is 13.0 Å². The van der Waals surface area contributed by atoms with Crippen molar-refractivity contribution in [3.63, 3.8) is 0 Å². The Labute approximate surface area is 87.4 Å². The van der Waals surface area contributed by atoms with E-state index in [1.807, 2.05) is 19.0 Å². The van der Waals surface area contributed by atoms with Gasteiger partial charge >= 0.3 is 5.97 Å². The summed E-state index contributed by atoms with van der Waals surface area (Å²) in [6.07, 6.45) is 1.41. The van der Waals surface area contributed by atoms with E-state index in [0.29, 0.717) is 13.0 Å². The molecule has 0 aromatic carbocycles. The van der Waals surface area contributed by atoms with Crippen molar-refractivity contribution in [2.24, 2.45) is 5.41 Å². The highest BCUT2D eigenvalue weighted by Gasteiger charge is 2.13. The van der Waals surface area contributed by atoms with E-state index in [4.69, 9.17) is 4.74 Å². The van der Waals surface area contributed by atoms with Crippen LogP contribution in [-0.4, -0.2) is 38.1 Å². The zero-order chi connectivity index (χ0) is 11.2. The van der Waals surface area contributed by atoms with Crippen LogP contribution >= 0.6 is 0 Å². The molecule has 0 amide bonds. The third kappa shape index (κ3) is 9.52. The summed E-state index contributed by atoms with van der Waals surface area (Å²) in [5.74, 6) is -0.0817. The minimum Gasteiger partial charge on any atom is -0.464 e. The lowest BCUT2D eigenvalue weighted by molar-refractivity contribution is -0.144. The quantitative estimate of drug-likeness (QED) is 0.636. The van der Waals surface area contributed by atoms with Crippen LogP contribution in [0.1, 0.15) is 33.6 Å². The molecule has 0 aliphatic carbocycles. The van der Waals surface area contributed by atoms with Crippen LogP contribution in [0.25, 0.3) is 0 Å². The summed E-state index contributed by atoms with van der Waals surface area (Å²) < 4.78 is 5.07. The fourth-order valence-corrected chi connectivity index (χ4v) is 0.891. The number of ether oxygens (including phenoxy) is 1. The van der Waals surface area contributed by atoms with Crippen LogP contribution < -0.4 is 0 Å². The molecule has 14 heavy (non-hydrogen) atoms. The molecule has 84 valence electrons. The summed E-state index contributed by atoms with van der Waals surface area (Å²) in [6.45, 7) is 7.66. The van der Waals surface area contributed by atoms with Crippen molar-refractivity contribution in [2.75, 3.05) is 27.2 Å².